The van der Waals surface area contributed by atoms with Crippen molar-refractivity contribution in [3.05, 3.63) is 71.7 Å². The molecule has 1 aliphatic rings. The molecule has 0 aliphatic carbocycles. The Morgan fingerprint density at radius 3 is 2.56 bits per heavy atom. The first kappa shape index (κ1) is 25.6. The van der Waals surface area contributed by atoms with Crippen molar-refractivity contribution in [2.75, 3.05) is 19.7 Å². The van der Waals surface area contributed by atoms with Crippen LogP contribution in [0.5, 0.6) is 11.8 Å². The van der Waals surface area contributed by atoms with Crippen molar-refractivity contribution < 1.29 is 14.2 Å². The monoisotopic (exact) mass is 546 g/mol. The molecule has 6 rings (SSSR count). The molecule has 1 saturated heterocycles. The number of aliphatic hydroxyl groups is 1. The predicted octanol–water partition coefficient (Wildman–Crippen LogP) is 5.95. The number of benzene rings is 2. The minimum Gasteiger partial charge on any atom is -0.424 e. The van der Waals surface area contributed by atoms with Crippen molar-refractivity contribution in [2.24, 2.45) is 0 Å². The molecule has 5 aromatic rings. The molecule has 3 aromatic heterocycles. The fraction of sp³-hybridized carbons (Fsp3) is 0.310. The van der Waals surface area contributed by atoms with Crippen LogP contribution in [0.4, 0.5) is 4.39 Å². The van der Waals surface area contributed by atoms with Crippen molar-refractivity contribution in [3.8, 4) is 22.9 Å². The third kappa shape index (κ3) is 4.82. The second kappa shape index (κ2) is 10.5. The van der Waals surface area contributed by atoms with Gasteiger partial charge in [-0.25, -0.2) is 19.3 Å². The van der Waals surface area contributed by atoms with Crippen LogP contribution in [0, 0.1) is 12.7 Å². The predicted molar refractivity (Wildman–Crippen MR) is 149 cm³/mol. The zero-order valence-electron chi connectivity index (χ0n) is 21.7. The van der Waals surface area contributed by atoms with Gasteiger partial charge in [-0.05, 0) is 51.0 Å². The summed E-state index contributed by atoms with van der Waals surface area (Å²) in [4.78, 5) is 19.8. The van der Waals surface area contributed by atoms with Gasteiger partial charge in [0.05, 0.1) is 28.9 Å². The number of hydrogen-bond acceptors (Lipinski definition) is 7. The Bertz CT molecular complexity index is 1650. The highest BCUT2D eigenvalue weighted by molar-refractivity contribution is 6.33. The van der Waals surface area contributed by atoms with E-state index >= 15 is 4.39 Å². The van der Waals surface area contributed by atoms with E-state index in [-0.39, 0.29) is 24.7 Å². The van der Waals surface area contributed by atoms with Crippen LogP contribution >= 0.6 is 11.6 Å². The lowest BCUT2D eigenvalue weighted by molar-refractivity contribution is 0.0986. The van der Waals surface area contributed by atoms with E-state index < -0.39 is 5.82 Å². The van der Waals surface area contributed by atoms with E-state index in [2.05, 4.69) is 24.4 Å². The van der Waals surface area contributed by atoms with Gasteiger partial charge in [0.25, 0.3) is 0 Å². The van der Waals surface area contributed by atoms with Gasteiger partial charge < -0.3 is 14.4 Å². The highest BCUT2D eigenvalue weighted by Crippen LogP contribution is 2.38. The van der Waals surface area contributed by atoms with Crippen LogP contribution in [0.1, 0.15) is 31.6 Å². The summed E-state index contributed by atoms with van der Waals surface area (Å²) in [5.41, 5.74) is 3.21. The molecule has 1 unspecified atom stereocenters. The van der Waals surface area contributed by atoms with Crippen LogP contribution < -0.4 is 4.74 Å². The van der Waals surface area contributed by atoms with Crippen molar-refractivity contribution in [3.63, 3.8) is 0 Å². The number of likely N-dealkylation sites (tertiary alicyclic amines) is 1. The minimum atomic E-state index is -0.412. The molecule has 8 nitrogen and oxygen atoms in total. The van der Waals surface area contributed by atoms with Gasteiger partial charge in [0, 0.05) is 66.2 Å². The van der Waals surface area contributed by atoms with Crippen LogP contribution in [-0.2, 0) is 0 Å². The number of pyridine rings is 1. The molecule has 0 amide bonds. The number of imidazole rings is 1. The number of halogens is 2. The summed E-state index contributed by atoms with van der Waals surface area (Å²) in [6.45, 7) is 5.99. The second-order valence-electron chi connectivity index (χ2n) is 9.94. The molecule has 1 N–H and O–H groups in total. The number of fused-ring (bicyclic) bond motifs is 3. The van der Waals surface area contributed by atoms with E-state index in [1.165, 1.54) is 6.07 Å². The number of hydrogen-bond donors (Lipinski definition) is 1. The van der Waals surface area contributed by atoms with Crippen molar-refractivity contribution in [2.45, 2.75) is 38.8 Å². The first-order valence-corrected chi connectivity index (χ1v) is 13.4. The Balaban J connectivity index is 1.40. The molecule has 0 saturated carbocycles. The number of aliphatic hydroxyl groups excluding tert-OH is 1. The Labute approximate surface area is 230 Å². The number of rotatable bonds is 6. The smallest absolute Gasteiger partial charge is 0.321 e. The normalized spacial score (nSPS) is 15.7. The maximum atomic E-state index is 15.4. The number of nitrogens with zero attached hydrogens (tertiary/aromatic N) is 6. The Hall–Kier alpha value is -3.66. The molecule has 1 aliphatic heterocycles. The summed E-state index contributed by atoms with van der Waals surface area (Å²) in [6, 6.07) is 10.7. The number of aromatic nitrogens is 5. The average Bonchev–Trinajstić information content (AvgIpc) is 3.29. The van der Waals surface area contributed by atoms with Crippen molar-refractivity contribution in [1.82, 2.24) is 29.4 Å². The second-order valence-corrected chi connectivity index (χ2v) is 10.4. The third-order valence-corrected chi connectivity index (χ3v) is 7.83. The highest BCUT2D eigenvalue weighted by Gasteiger charge is 2.27. The van der Waals surface area contributed by atoms with E-state index in [1.54, 1.807) is 42.9 Å². The summed E-state index contributed by atoms with van der Waals surface area (Å²) in [6.07, 6.45) is 6.76. The summed E-state index contributed by atoms with van der Waals surface area (Å²) in [5, 5.41) is 10.7. The first-order valence-electron chi connectivity index (χ1n) is 13.0. The summed E-state index contributed by atoms with van der Waals surface area (Å²) < 4.78 is 23.4. The van der Waals surface area contributed by atoms with Gasteiger partial charge in [-0.3, -0.25) is 9.88 Å². The molecule has 1 atom stereocenters. The van der Waals surface area contributed by atoms with E-state index in [4.69, 9.17) is 21.3 Å². The van der Waals surface area contributed by atoms with Crippen LogP contribution in [0.3, 0.4) is 0 Å². The minimum absolute atomic E-state index is 0.142. The Morgan fingerprint density at radius 1 is 1.08 bits per heavy atom. The molecule has 4 heterocycles. The van der Waals surface area contributed by atoms with Gasteiger partial charge in [0.2, 0.25) is 0 Å². The maximum absolute atomic E-state index is 15.4. The van der Waals surface area contributed by atoms with Gasteiger partial charge in [-0.15, -0.1) is 0 Å². The van der Waals surface area contributed by atoms with E-state index in [9.17, 15) is 5.11 Å². The zero-order valence-corrected chi connectivity index (χ0v) is 22.4. The Morgan fingerprint density at radius 2 is 1.85 bits per heavy atom. The zero-order chi connectivity index (χ0) is 27.1. The SMILES string of the molecule is Cc1nc2cnc3cc(F)c(-c4ccc(Oc5ncccn5)cc4Cl)cc3c2n1C1CCN(C(C)CO)CC1. The van der Waals surface area contributed by atoms with E-state index in [1.807, 2.05) is 19.9 Å². The lowest BCUT2D eigenvalue weighted by atomic mass is 10.00. The van der Waals surface area contributed by atoms with Gasteiger partial charge in [0.15, 0.2) is 0 Å². The molecule has 0 bridgehead atoms. The number of piperidine rings is 1. The van der Waals surface area contributed by atoms with Gasteiger partial charge in [-0.2, -0.15) is 0 Å². The van der Waals surface area contributed by atoms with Gasteiger partial charge in [0.1, 0.15) is 22.9 Å². The molecule has 0 radical (unpaired) electrons. The maximum Gasteiger partial charge on any atom is 0.321 e. The van der Waals surface area contributed by atoms with Gasteiger partial charge >= 0.3 is 6.01 Å². The fourth-order valence-corrected chi connectivity index (χ4v) is 5.76. The lowest BCUT2D eigenvalue weighted by Crippen LogP contribution is -2.42. The van der Waals surface area contributed by atoms with Crippen LogP contribution in [0.2, 0.25) is 5.02 Å². The molecule has 10 heteroatoms. The van der Waals surface area contributed by atoms with Crippen molar-refractivity contribution in [1.29, 1.82) is 0 Å². The summed E-state index contributed by atoms with van der Waals surface area (Å²) >= 11 is 6.64. The average molecular weight is 547 g/mol. The van der Waals surface area contributed by atoms with Crippen LogP contribution in [0.25, 0.3) is 33.1 Å². The molecule has 200 valence electrons. The van der Waals surface area contributed by atoms with Crippen LogP contribution in [0.15, 0.2) is 55.0 Å². The molecular weight excluding hydrogens is 519 g/mol. The molecule has 1 fully saturated rings. The van der Waals surface area contributed by atoms with Crippen LogP contribution in [-0.4, -0.2) is 60.2 Å². The summed E-state index contributed by atoms with van der Waals surface area (Å²) in [5.74, 6) is 0.947. The van der Waals surface area contributed by atoms with Crippen molar-refractivity contribution >= 4 is 33.5 Å². The third-order valence-electron chi connectivity index (χ3n) is 7.51. The first-order chi connectivity index (χ1) is 18.9. The van der Waals surface area contributed by atoms with E-state index in [0.29, 0.717) is 27.4 Å². The van der Waals surface area contributed by atoms with Gasteiger partial charge in [-0.1, -0.05) is 11.6 Å². The molecule has 0 spiro atoms. The Kier molecular flexibility index (Phi) is 6.88. The largest absolute Gasteiger partial charge is 0.424 e. The summed E-state index contributed by atoms with van der Waals surface area (Å²) in [7, 11) is 0. The molecular formula is C29H28ClFN6O2. The topological polar surface area (TPSA) is 89.2 Å². The molecule has 2 aromatic carbocycles. The molecule has 39 heavy (non-hydrogen) atoms. The standard InChI is InChI=1S/C29H28ClFN6O2/c1-17(16-38)36-10-6-19(7-11-36)37-18(2)35-27-15-34-26-14-25(31)22(13-23(26)28(27)37)21-5-4-20(12-24(21)30)39-29-32-8-3-9-33-29/h3-5,8-9,12-15,17,19,38H,6-7,10-11,16H2,1-2H3. The van der Waals surface area contributed by atoms with E-state index in [0.717, 1.165) is 48.2 Å². The highest BCUT2D eigenvalue weighted by atomic mass is 35.5. The quantitative estimate of drug-likeness (QED) is 0.281. The number of ether oxygens (including phenoxy) is 1. The lowest BCUT2D eigenvalue weighted by Gasteiger charge is -2.36. The fourth-order valence-electron chi connectivity index (χ4n) is 5.49. The number of aryl methyl sites for hydroxylation is 1.